The molecule has 0 bridgehead atoms. The summed E-state index contributed by atoms with van der Waals surface area (Å²) in [6.07, 6.45) is 4.66. The number of carbonyl (C=O) groups excluding carboxylic acids is 1. The number of fused-ring (bicyclic) bond motifs is 1. The average molecular weight is 317 g/mol. The molecule has 7 heteroatoms. The molecule has 2 amide bonds. The highest BCUT2D eigenvalue weighted by Gasteiger charge is 2.16. The molecular weight excluding hydrogens is 294 g/mol. The van der Waals surface area contributed by atoms with Gasteiger partial charge in [0.25, 0.3) is 0 Å². The van der Waals surface area contributed by atoms with Crippen LogP contribution in [0.1, 0.15) is 25.7 Å². The van der Waals surface area contributed by atoms with Crippen LogP contribution in [0.15, 0.2) is 18.2 Å². The van der Waals surface area contributed by atoms with Crippen LogP contribution in [0.2, 0.25) is 0 Å². The largest absolute Gasteiger partial charge is 0.378 e. The van der Waals surface area contributed by atoms with Gasteiger partial charge in [-0.15, -0.1) is 5.10 Å². The van der Waals surface area contributed by atoms with Crippen LogP contribution in [0, 0.1) is 0 Å². The number of carbonyl (C=O) groups is 1. The molecule has 1 N–H and O–H groups in total. The van der Waals surface area contributed by atoms with Crippen LogP contribution in [0.3, 0.4) is 0 Å². The molecule has 0 spiro atoms. The lowest BCUT2D eigenvalue weighted by Gasteiger charge is -2.19. The van der Waals surface area contributed by atoms with E-state index in [1.165, 1.54) is 0 Å². The zero-order valence-electron chi connectivity index (χ0n) is 13.7. The lowest BCUT2D eigenvalue weighted by molar-refractivity contribution is 0.101. The highest BCUT2D eigenvalue weighted by atomic mass is 16.5. The number of urea groups is 1. The molecule has 0 aliphatic carbocycles. The maximum atomic E-state index is 12.2. The van der Waals surface area contributed by atoms with Crippen molar-refractivity contribution in [1.82, 2.24) is 19.9 Å². The second-order valence-electron chi connectivity index (χ2n) is 6.05. The van der Waals surface area contributed by atoms with Gasteiger partial charge >= 0.3 is 6.03 Å². The van der Waals surface area contributed by atoms with Crippen molar-refractivity contribution in [3.05, 3.63) is 18.2 Å². The van der Waals surface area contributed by atoms with Crippen molar-refractivity contribution in [3.63, 3.8) is 0 Å². The van der Waals surface area contributed by atoms with Gasteiger partial charge in [0.2, 0.25) is 0 Å². The molecule has 0 radical (unpaired) electrons. The van der Waals surface area contributed by atoms with E-state index in [1.807, 2.05) is 32.3 Å². The standard InChI is InChI=1S/C16H23N5O2/c1-20(9-3-5-13-6-4-10-23-13)16(22)17-12-7-8-15-14(11-12)18-19-21(15)2/h7-8,11,13H,3-6,9-10H2,1-2H3,(H,17,22). The van der Waals surface area contributed by atoms with Gasteiger partial charge in [-0.25, -0.2) is 9.48 Å². The topological polar surface area (TPSA) is 72.3 Å². The molecule has 1 atom stereocenters. The summed E-state index contributed by atoms with van der Waals surface area (Å²) in [4.78, 5) is 13.9. The SMILES string of the molecule is CN(CCCC1CCCO1)C(=O)Nc1ccc2c(c1)nnn2C. The summed E-state index contributed by atoms with van der Waals surface area (Å²) >= 11 is 0. The molecule has 1 aromatic carbocycles. The molecule has 1 saturated heterocycles. The Balaban J connectivity index is 1.50. The molecule has 2 aromatic rings. The number of benzene rings is 1. The minimum atomic E-state index is -0.111. The fraction of sp³-hybridized carbons (Fsp3) is 0.562. The molecule has 1 unspecified atom stereocenters. The maximum absolute atomic E-state index is 12.2. The lowest BCUT2D eigenvalue weighted by atomic mass is 10.1. The van der Waals surface area contributed by atoms with Crippen LogP contribution < -0.4 is 5.32 Å². The average Bonchev–Trinajstić information content (AvgIpc) is 3.17. The Morgan fingerprint density at radius 2 is 2.39 bits per heavy atom. The van der Waals surface area contributed by atoms with E-state index < -0.39 is 0 Å². The fourth-order valence-electron chi connectivity index (χ4n) is 2.87. The van der Waals surface area contributed by atoms with Gasteiger partial charge < -0.3 is 15.0 Å². The third-order valence-corrected chi connectivity index (χ3v) is 4.25. The first-order valence-corrected chi connectivity index (χ1v) is 8.06. The van der Waals surface area contributed by atoms with Crippen molar-refractivity contribution >= 4 is 22.8 Å². The first-order chi connectivity index (χ1) is 11.1. The van der Waals surface area contributed by atoms with Crippen molar-refractivity contribution in [3.8, 4) is 0 Å². The highest BCUT2D eigenvalue weighted by Crippen LogP contribution is 2.18. The van der Waals surface area contributed by atoms with Crippen molar-refractivity contribution in [2.75, 3.05) is 25.5 Å². The van der Waals surface area contributed by atoms with Crippen LogP contribution in [-0.4, -0.2) is 52.2 Å². The Morgan fingerprint density at radius 3 is 3.17 bits per heavy atom. The third kappa shape index (κ3) is 3.79. The summed E-state index contributed by atoms with van der Waals surface area (Å²) in [5.41, 5.74) is 2.44. The number of nitrogens with zero attached hydrogens (tertiary/aromatic N) is 4. The first kappa shape index (κ1) is 15.7. The predicted octanol–water partition coefficient (Wildman–Crippen LogP) is 2.39. The van der Waals surface area contributed by atoms with Crippen LogP contribution in [0.5, 0.6) is 0 Å². The first-order valence-electron chi connectivity index (χ1n) is 8.06. The molecule has 7 nitrogen and oxygen atoms in total. The van der Waals surface area contributed by atoms with Gasteiger partial charge in [0, 0.05) is 32.9 Å². The third-order valence-electron chi connectivity index (χ3n) is 4.25. The molecule has 1 aliphatic heterocycles. The van der Waals surface area contributed by atoms with Gasteiger partial charge in [0.05, 0.1) is 11.6 Å². The van der Waals surface area contributed by atoms with E-state index in [4.69, 9.17) is 4.74 Å². The summed E-state index contributed by atoms with van der Waals surface area (Å²) in [5.74, 6) is 0. The number of rotatable bonds is 5. The summed E-state index contributed by atoms with van der Waals surface area (Å²) in [7, 11) is 3.65. The quantitative estimate of drug-likeness (QED) is 0.919. The van der Waals surface area contributed by atoms with Crippen LogP contribution in [0.25, 0.3) is 11.0 Å². The normalized spacial score (nSPS) is 17.6. The maximum Gasteiger partial charge on any atom is 0.321 e. The smallest absolute Gasteiger partial charge is 0.321 e. The van der Waals surface area contributed by atoms with E-state index in [1.54, 1.807) is 9.58 Å². The molecule has 3 rings (SSSR count). The van der Waals surface area contributed by atoms with Crippen molar-refractivity contribution < 1.29 is 9.53 Å². The molecule has 1 aliphatic rings. The zero-order valence-corrected chi connectivity index (χ0v) is 13.7. The molecule has 124 valence electrons. The second-order valence-corrected chi connectivity index (χ2v) is 6.05. The van der Waals surface area contributed by atoms with E-state index in [2.05, 4.69) is 15.6 Å². The van der Waals surface area contributed by atoms with Crippen molar-refractivity contribution in [2.45, 2.75) is 31.8 Å². The van der Waals surface area contributed by atoms with E-state index in [-0.39, 0.29) is 6.03 Å². The summed E-state index contributed by atoms with van der Waals surface area (Å²) < 4.78 is 7.31. The Morgan fingerprint density at radius 1 is 1.52 bits per heavy atom. The summed E-state index contributed by atoms with van der Waals surface area (Å²) in [6, 6.07) is 5.49. The second kappa shape index (κ2) is 6.95. The Hall–Kier alpha value is -2.15. The summed E-state index contributed by atoms with van der Waals surface area (Å²) in [6.45, 7) is 1.60. The number of hydrogen-bond acceptors (Lipinski definition) is 4. The molecular formula is C16H23N5O2. The van der Waals surface area contributed by atoms with E-state index in [9.17, 15) is 4.79 Å². The van der Waals surface area contributed by atoms with E-state index in [0.29, 0.717) is 6.10 Å². The van der Waals surface area contributed by atoms with E-state index >= 15 is 0 Å². The molecule has 1 fully saturated rings. The monoisotopic (exact) mass is 317 g/mol. The van der Waals surface area contributed by atoms with Crippen molar-refractivity contribution in [1.29, 1.82) is 0 Å². The van der Waals surface area contributed by atoms with Crippen molar-refractivity contribution in [2.24, 2.45) is 7.05 Å². The Kier molecular flexibility index (Phi) is 4.76. The van der Waals surface area contributed by atoms with E-state index in [0.717, 1.165) is 55.6 Å². The number of hydrogen-bond donors (Lipinski definition) is 1. The van der Waals surface area contributed by atoms with Crippen LogP contribution >= 0.6 is 0 Å². The minimum absolute atomic E-state index is 0.111. The van der Waals surface area contributed by atoms with Gasteiger partial charge in [-0.05, 0) is 43.9 Å². The Bertz CT molecular complexity index is 678. The Labute approximate surface area is 135 Å². The fourth-order valence-corrected chi connectivity index (χ4v) is 2.87. The zero-order chi connectivity index (χ0) is 16.2. The molecule has 1 aromatic heterocycles. The number of anilines is 1. The molecule has 2 heterocycles. The van der Waals surface area contributed by atoms with Crippen LogP contribution in [0.4, 0.5) is 10.5 Å². The van der Waals surface area contributed by atoms with Gasteiger partial charge in [0.15, 0.2) is 0 Å². The van der Waals surface area contributed by atoms with Gasteiger partial charge in [-0.2, -0.15) is 0 Å². The molecule has 23 heavy (non-hydrogen) atoms. The number of aryl methyl sites for hydroxylation is 1. The minimum Gasteiger partial charge on any atom is -0.378 e. The van der Waals surface area contributed by atoms with Gasteiger partial charge in [0.1, 0.15) is 5.52 Å². The highest BCUT2D eigenvalue weighted by molar-refractivity contribution is 5.91. The van der Waals surface area contributed by atoms with Crippen LogP contribution in [-0.2, 0) is 11.8 Å². The van der Waals surface area contributed by atoms with Gasteiger partial charge in [-0.3, -0.25) is 0 Å². The predicted molar refractivity (Wildman–Crippen MR) is 88.4 cm³/mol. The number of nitrogens with one attached hydrogen (secondary N) is 1. The number of ether oxygens (including phenoxy) is 1. The number of amides is 2. The molecule has 0 saturated carbocycles. The lowest BCUT2D eigenvalue weighted by Crippen LogP contribution is -2.32. The number of aromatic nitrogens is 3. The summed E-state index contributed by atoms with van der Waals surface area (Å²) in [5, 5.41) is 10.9. The van der Waals surface area contributed by atoms with Gasteiger partial charge in [-0.1, -0.05) is 5.21 Å².